The van der Waals surface area contributed by atoms with E-state index < -0.39 is 20.7 Å². The maximum absolute atomic E-state index is 14.5. The summed E-state index contributed by atoms with van der Waals surface area (Å²) in [4.78, 5) is 3.16. The highest BCUT2D eigenvalue weighted by atomic mass is 35.5. The molecule has 0 fully saturated rings. The summed E-state index contributed by atoms with van der Waals surface area (Å²) in [6.07, 6.45) is 1.20. The molecule has 1 heterocycles. The Morgan fingerprint density at radius 2 is 2.00 bits per heavy atom. The van der Waals surface area contributed by atoms with E-state index in [4.69, 9.17) is 17.3 Å². The SMILES string of the molecule is CC(C)NCC(CNc1cc(F)c(S(=O)(=O)Nc2ncns2)cc1Cl)C(C)N. The van der Waals surface area contributed by atoms with E-state index in [2.05, 4.69) is 24.7 Å². The lowest BCUT2D eigenvalue weighted by Gasteiger charge is -2.24. The van der Waals surface area contributed by atoms with Crippen LogP contribution in [-0.4, -0.2) is 42.9 Å². The van der Waals surface area contributed by atoms with Crippen LogP contribution in [0.4, 0.5) is 15.2 Å². The van der Waals surface area contributed by atoms with Gasteiger partial charge in [-0.1, -0.05) is 25.4 Å². The zero-order valence-corrected chi connectivity index (χ0v) is 18.1. The highest BCUT2D eigenvalue weighted by molar-refractivity contribution is 7.93. The van der Waals surface area contributed by atoms with E-state index in [0.717, 1.165) is 23.7 Å². The van der Waals surface area contributed by atoms with Crippen molar-refractivity contribution in [2.45, 2.75) is 37.8 Å². The molecular weight excluding hydrogens is 427 g/mol. The highest BCUT2D eigenvalue weighted by Gasteiger charge is 2.23. The number of nitrogens with two attached hydrogens (primary N) is 1. The molecule has 2 rings (SSSR count). The molecule has 0 aliphatic carbocycles. The van der Waals surface area contributed by atoms with Crippen LogP contribution in [0.5, 0.6) is 0 Å². The predicted molar refractivity (Wildman–Crippen MR) is 111 cm³/mol. The molecule has 0 saturated heterocycles. The molecule has 8 nitrogen and oxygen atoms in total. The number of hydrogen-bond acceptors (Lipinski definition) is 8. The molecule has 0 saturated carbocycles. The Kier molecular flexibility index (Phi) is 7.96. The van der Waals surface area contributed by atoms with Gasteiger partial charge in [-0.3, -0.25) is 4.72 Å². The molecule has 2 unspecified atom stereocenters. The van der Waals surface area contributed by atoms with Crippen molar-refractivity contribution < 1.29 is 12.8 Å². The molecule has 156 valence electrons. The fourth-order valence-corrected chi connectivity index (χ4v) is 4.37. The molecule has 0 bridgehead atoms. The molecule has 12 heteroatoms. The quantitative estimate of drug-likeness (QED) is 0.438. The summed E-state index contributed by atoms with van der Waals surface area (Å²) in [5.74, 6) is -0.856. The monoisotopic (exact) mass is 450 g/mol. The molecule has 0 spiro atoms. The molecule has 0 aliphatic rings. The maximum atomic E-state index is 14.5. The average Bonchev–Trinajstić information content (AvgIpc) is 3.08. The second kappa shape index (κ2) is 9.79. The molecule has 1 aromatic carbocycles. The second-order valence-corrected chi connectivity index (χ2v) is 9.52. The first-order valence-electron chi connectivity index (χ1n) is 8.61. The Balaban J connectivity index is 2.14. The van der Waals surface area contributed by atoms with Crippen LogP contribution >= 0.6 is 23.1 Å². The molecule has 0 amide bonds. The Bertz CT molecular complexity index is 878. The van der Waals surface area contributed by atoms with E-state index in [-0.39, 0.29) is 22.1 Å². The van der Waals surface area contributed by atoms with Gasteiger partial charge in [0.25, 0.3) is 10.0 Å². The maximum Gasteiger partial charge on any atom is 0.266 e. The topological polar surface area (TPSA) is 122 Å². The first-order chi connectivity index (χ1) is 13.1. The van der Waals surface area contributed by atoms with Gasteiger partial charge >= 0.3 is 0 Å². The summed E-state index contributed by atoms with van der Waals surface area (Å²) >= 11 is 7.03. The van der Waals surface area contributed by atoms with Crippen molar-refractivity contribution in [1.29, 1.82) is 0 Å². The summed E-state index contributed by atoms with van der Waals surface area (Å²) in [5, 5.41) is 6.49. The van der Waals surface area contributed by atoms with E-state index in [1.807, 2.05) is 20.8 Å². The minimum absolute atomic E-state index is 0.0372. The molecule has 0 radical (unpaired) electrons. The van der Waals surface area contributed by atoms with E-state index in [1.54, 1.807) is 0 Å². The Labute approximate surface area is 173 Å². The van der Waals surface area contributed by atoms with Gasteiger partial charge in [0.05, 0.1) is 10.7 Å². The number of hydrogen-bond donors (Lipinski definition) is 4. The van der Waals surface area contributed by atoms with Crippen LogP contribution in [0.15, 0.2) is 23.4 Å². The summed E-state index contributed by atoms with van der Waals surface area (Å²) in [6.45, 7) is 7.09. The van der Waals surface area contributed by atoms with Crippen molar-refractivity contribution in [3.8, 4) is 0 Å². The van der Waals surface area contributed by atoms with Gasteiger partial charge in [-0.05, 0) is 19.1 Å². The summed E-state index contributed by atoms with van der Waals surface area (Å²) in [6, 6.07) is 2.34. The van der Waals surface area contributed by atoms with Gasteiger partial charge < -0.3 is 16.4 Å². The van der Waals surface area contributed by atoms with Gasteiger partial charge in [-0.2, -0.15) is 4.37 Å². The van der Waals surface area contributed by atoms with Crippen LogP contribution in [-0.2, 0) is 10.0 Å². The van der Waals surface area contributed by atoms with Crippen LogP contribution in [0.3, 0.4) is 0 Å². The number of nitrogens with zero attached hydrogens (tertiary/aromatic N) is 2. The number of anilines is 2. The molecule has 2 atom stereocenters. The molecule has 0 aliphatic heterocycles. The number of rotatable bonds is 10. The number of benzene rings is 1. The van der Waals surface area contributed by atoms with Crippen LogP contribution < -0.4 is 21.1 Å². The summed E-state index contributed by atoms with van der Waals surface area (Å²) in [5.41, 5.74) is 6.31. The number of aromatic nitrogens is 2. The first kappa shape index (κ1) is 22.8. The van der Waals surface area contributed by atoms with Gasteiger partial charge in [0.2, 0.25) is 5.13 Å². The van der Waals surface area contributed by atoms with Crippen LogP contribution in [0.2, 0.25) is 5.02 Å². The predicted octanol–water partition coefficient (Wildman–Crippen LogP) is 2.50. The Hall–Kier alpha value is -1.53. The third-order valence-corrected chi connectivity index (χ3v) is 6.36. The molecule has 1 aromatic heterocycles. The molecular formula is C16H24ClFN6O2S2. The highest BCUT2D eigenvalue weighted by Crippen LogP contribution is 2.29. The van der Waals surface area contributed by atoms with Gasteiger partial charge in [0.1, 0.15) is 17.0 Å². The average molecular weight is 451 g/mol. The Morgan fingerprint density at radius 3 is 2.57 bits per heavy atom. The fraction of sp³-hybridized carbons (Fsp3) is 0.500. The smallest absolute Gasteiger partial charge is 0.266 e. The number of nitrogens with one attached hydrogen (secondary N) is 3. The van der Waals surface area contributed by atoms with Crippen molar-refractivity contribution in [3.63, 3.8) is 0 Å². The zero-order chi connectivity index (χ0) is 20.9. The summed E-state index contributed by atoms with van der Waals surface area (Å²) in [7, 11) is -4.18. The second-order valence-electron chi connectivity index (χ2n) is 6.68. The largest absolute Gasteiger partial charge is 0.383 e. The van der Waals surface area contributed by atoms with Crippen molar-refractivity contribution in [1.82, 2.24) is 14.7 Å². The van der Waals surface area contributed by atoms with Crippen LogP contribution in [0, 0.1) is 11.7 Å². The Morgan fingerprint density at radius 1 is 1.29 bits per heavy atom. The molecule has 28 heavy (non-hydrogen) atoms. The molecule has 2 aromatic rings. The fourth-order valence-electron chi connectivity index (χ4n) is 2.33. The minimum Gasteiger partial charge on any atom is -0.383 e. The van der Waals surface area contributed by atoms with E-state index in [1.165, 1.54) is 6.33 Å². The minimum atomic E-state index is -4.18. The number of halogens is 2. The van der Waals surface area contributed by atoms with Gasteiger partial charge in [0.15, 0.2) is 0 Å². The van der Waals surface area contributed by atoms with Crippen molar-refractivity contribution in [2.75, 3.05) is 23.1 Å². The lowest BCUT2D eigenvalue weighted by Crippen LogP contribution is -2.41. The van der Waals surface area contributed by atoms with Crippen LogP contribution in [0.25, 0.3) is 0 Å². The molecule has 5 N–H and O–H groups in total. The van der Waals surface area contributed by atoms with Gasteiger partial charge in [-0.25, -0.2) is 17.8 Å². The van der Waals surface area contributed by atoms with E-state index in [9.17, 15) is 12.8 Å². The lowest BCUT2D eigenvalue weighted by molar-refractivity contribution is 0.412. The van der Waals surface area contributed by atoms with Crippen LogP contribution in [0.1, 0.15) is 20.8 Å². The van der Waals surface area contributed by atoms with Crippen molar-refractivity contribution >= 4 is 44.0 Å². The normalized spacial score (nSPS) is 14.1. The van der Waals surface area contributed by atoms with E-state index >= 15 is 0 Å². The van der Waals surface area contributed by atoms with Gasteiger partial charge in [-0.15, -0.1) is 0 Å². The van der Waals surface area contributed by atoms with E-state index in [0.29, 0.717) is 24.8 Å². The lowest BCUT2D eigenvalue weighted by atomic mass is 10.0. The third kappa shape index (κ3) is 6.24. The zero-order valence-electron chi connectivity index (χ0n) is 15.7. The van der Waals surface area contributed by atoms with Crippen molar-refractivity contribution in [3.05, 3.63) is 29.3 Å². The van der Waals surface area contributed by atoms with Crippen molar-refractivity contribution in [2.24, 2.45) is 11.7 Å². The third-order valence-electron chi connectivity index (χ3n) is 3.98. The van der Waals surface area contributed by atoms with Gasteiger partial charge in [0, 0.05) is 42.6 Å². The first-order valence-corrected chi connectivity index (χ1v) is 11.2. The summed E-state index contributed by atoms with van der Waals surface area (Å²) < 4.78 is 45.1. The standard InChI is InChI=1S/C16H24ClFN6O2S2/c1-9(2)20-6-11(10(3)19)7-21-14-5-13(18)15(4-12(14)17)28(25,26)24-16-22-8-23-27-16/h4-5,8-11,20-21H,6-7,19H2,1-3H3,(H,22,23,24). The number of sulfonamides is 1.